The van der Waals surface area contributed by atoms with Crippen molar-refractivity contribution in [2.75, 3.05) is 11.4 Å². The Morgan fingerprint density at radius 2 is 1.69 bits per heavy atom. The van der Waals surface area contributed by atoms with Crippen LogP contribution in [0.5, 0.6) is 0 Å². The Morgan fingerprint density at radius 3 is 2.54 bits per heavy atom. The summed E-state index contributed by atoms with van der Waals surface area (Å²) < 4.78 is 0. The topological polar surface area (TPSA) is 49.4 Å². The average Bonchev–Trinajstić information content (AvgIpc) is 3.12. The number of para-hydroxylation sites is 1. The van der Waals surface area contributed by atoms with Gasteiger partial charge in [-0.05, 0) is 49.1 Å². The summed E-state index contributed by atoms with van der Waals surface area (Å²) in [5.74, 6) is -0.115. The second-order valence-corrected chi connectivity index (χ2v) is 7.22. The van der Waals surface area contributed by atoms with Crippen molar-refractivity contribution in [1.82, 2.24) is 5.32 Å². The van der Waals surface area contributed by atoms with Crippen LogP contribution < -0.4 is 10.2 Å². The molecule has 1 fully saturated rings. The summed E-state index contributed by atoms with van der Waals surface area (Å²) in [5, 5.41) is 3.12. The molecule has 1 N–H and O–H groups in total. The fraction of sp³-hybridized carbons (Fsp3) is 0.364. The normalized spacial score (nSPS) is 17.0. The molecule has 0 aromatic heterocycles. The van der Waals surface area contributed by atoms with Gasteiger partial charge in [0.05, 0.1) is 0 Å². The highest BCUT2D eigenvalue weighted by atomic mass is 16.2. The summed E-state index contributed by atoms with van der Waals surface area (Å²) >= 11 is 0. The van der Waals surface area contributed by atoms with Crippen molar-refractivity contribution in [1.29, 1.82) is 0 Å². The molecule has 0 bridgehead atoms. The third kappa shape index (κ3) is 3.36. The fourth-order valence-corrected chi connectivity index (χ4v) is 4.01. The van der Waals surface area contributed by atoms with Gasteiger partial charge in [-0.25, -0.2) is 0 Å². The molecule has 0 spiro atoms. The van der Waals surface area contributed by atoms with E-state index in [2.05, 4.69) is 11.4 Å². The lowest BCUT2D eigenvalue weighted by molar-refractivity contribution is 0.0927. The average molecular weight is 348 g/mol. The molecule has 1 saturated carbocycles. The third-order valence-electron chi connectivity index (χ3n) is 5.44. The first-order valence-electron chi connectivity index (χ1n) is 9.53. The van der Waals surface area contributed by atoms with Crippen LogP contribution in [0.25, 0.3) is 0 Å². The van der Waals surface area contributed by atoms with Crippen molar-refractivity contribution in [3.8, 4) is 0 Å². The van der Waals surface area contributed by atoms with E-state index in [1.54, 1.807) is 24.3 Å². The fourth-order valence-electron chi connectivity index (χ4n) is 4.01. The monoisotopic (exact) mass is 348 g/mol. The quantitative estimate of drug-likeness (QED) is 0.913. The summed E-state index contributed by atoms with van der Waals surface area (Å²) in [5.41, 5.74) is 3.31. The number of amides is 2. The van der Waals surface area contributed by atoms with E-state index in [9.17, 15) is 9.59 Å². The smallest absolute Gasteiger partial charge is 0.258 e. The number of nitrogens with zero attached hydrogens (tertiary/aromatic N) is 1. The van der Waals surface area contributed by atoms with Crippen LogP contribution in [0, 0.1) is 0 Å². The zero-order valence-corrected chi connectivity index (χ0v) is 14.9. The van der Waals surface area contributed by atoms with Gasteiger partial charge in [0.1, 0.15) is 0 Å². The van der Waals surface area contributed by atoms with Crippen LogP contribution in [0.2, 0.25) is 0 Å². The van der Waals surface area contributed by atoms with Gasteiger partial charge in [-0.3, -0.25) is 9.59 Å². The summed E-state index contributed by atoms with van der Waals surface area (Å²) in [7, 11) is 0. The Hall–Kier alpha value is -2.62. The van der Waals surface area contributed by atoms with Crippen molar-refractivity contribution in [2.24, 2.45) is 0 Å². The number of benzene rings is 2. The van der Waals surface area contributed by atoms with Gasteiger partial charge >= 0.3 is 0 Å². The van der Waals surface area contributed by atoms with Crippen LogP contribution in [0.4, 0.5) is 5.69 Å². The second kappa shape index (κ2) is 7.32. The van der Waals surface area contributed by atoms with E-state index in [1.807, 2.05) is 23.1 Å². The van der Waals surface area contributed by atoms with Gasteiger partial charge < -0.3 is 10.2 Å². The first-order chi connectivity index (χ1) is 12.7. The van der Waals surface area contributed by atoms with E-state index in [1.165, 1.54) is 24.8 Å². The Morgan fingerprint density at radius 1 is 0.923 bits per heavy atom. The zero-order valence-electron chi connectivity index (χ0n) is 14.9. The number of hydrogen-bond donors (Lipinski definition) is 1. The Balaban J connectivity index is 1.50. The number of fused-ring (bicyclic) bond motifs is 1. The molecule has 4 heteroatoms. The van der Waals surface area contributed by atoms with Crippen LogP contribution in [0.15, 0.2) is 48.5 Å². The molecule has 2 aromatic rings. The molecule has 0 saturated heterocycles. The van der Waals surface area contributed by atoms with Gasteiger partial charge in [-0.2, -0.15) is 0 Å². The molecule has 0 atom stereocenters. The molecule has 4 rings (SSSR count). The maximum Gasteiger partial charge on any atom is 0.258 e. The highest BCUT2D eigenvalue weighted by molar-refractivity contribution is 6.08. The summed E-state index contributed by atoms with van der Waals surface area (Å²) in [6.45, 7) is 0.691. The molecule has 1 aliphatic carbocycles. The van der Waals surface area contributed by atoms with Gasteiger partial charge in [0.2, 0.25) is 0 Å². The molecule has 2 aliphatic rings. The lowest BCUT2D eigenvalue weighted by atomic mass is 9.95. The minimum Gasteiger partial charge on any atom is -0.349 e. The number of rotatable bonds is 3. The van der Waals surface area contributed by atoms with Gasteiger partial charge in [-0.1, -0.05) is 43.5 Å². The van der Waals surface area contributed by atoms with Crippen molar-refractivity contribution < 1.29 is 9.59 Å². The van der Waals surface area contributed by atoms with E-state index in [4.69, 9.17) is 0 Å². The Kier molecular flexibility index (Phi) is 4.74. The molecular weight excluding hydrogens is 324 g/mol. The summed E-state index contributed by atoms with van der Waals surface area (Å²) in [4.78, 5) is 27.4. The molecular formula is C22H24N2O2. The number of carbonyl (C=O) groups is 2. The molecule has 134 valence electrons. The number of hydrogen-bond acceptors (Lipinski definition) is 2. The third-order valence-corrected chi connectivity index (χ3v) is 5.44. The van der Waals surface area contributed by atoms with E-state index < -0.39 is 0 Å². The lowest BCUT2D eigenvalue weighted by Crippen LogP contribution is -2.36. The number of nitrogens with one attached hydrogen (secondary N) is 1. The highest BCUT2D eigenvalue weighted by Crippen LogP contribution is 2.29. The minimum atomic E-state index is -0.0756. The largest absolute Gasteiger partial charge is 0.349 e. The van der Waals surface area contributed by atoms with Crippen molar-refractivity contribution in [3.63, 3.8) is 0 Å². The lowest BCUT2D eigenvalue weighted by Gasteiger charge is -2.23. The van der Waals surface area contributed by atoms with Gasteiger partial charge in [-0.15, -0.1) is 0 Å². The first-order valence-corrected chi connectivity index (χ1v) is 9.53. The SMILES string of the molecule is O=C(NC1CCCCC1)c1cccc(C(=O)N2CCc3ccccc32)c1. The van der Waals surface area contributed by atoms with E-state index >= 15 is 0 Å². The van der Waals surface area contributed by atoms with Crippen LogP contribution in [0.1, 0.15) is 58.4 Å². The molecule has 26 heavy (non-hydrogen) atoms. The predicted octanol–water partition coefficient (Wildman–Crippen LogP) is 3.95. The molecule has 2 amide bonds. The summed E-state index contributed by atoms with van der Waals surface area (Å²) in [6.07, 6.45) is 6.59. The standard InChI is InChI=1S/C22H24N2O2/c25-21(23-19-10-2-1-3-11-19)17-8-6-9-18(15-17)22(26)24-14-13-16-7-4-5-12-20(16)24/h4-9,12,15,19H,1-3,10-11,13-14H2,(H,23,25). The molecule has 1 aliphatic heterocycles. The molecule has 4 nitrogen and oxygen atoms in total. The predicted molar refractivity (Wildman–Crippen MR) is 103 cm³/mol. The number of carbonyl (C=O) groups excluding carboxylic acids is 2. The Bertz CT molecular complexity index is 824. The van der Waals surface area contributed by atoms with E-state index in [0.717, 1.165) is 24.9 Å². The Labute approximate surface area is 154 Å². The second-order valence-electron chi connectivity index (χ2n) is 7.22. The minimum absolute atomic E-state index is 0.0396. The molecule has 1 heterocycles. The van der Waals surface area contributed by atoms with Crippen LogP contribution in [-0.4, -0.2) is 24.4 Å². The van der Waals surface area contributed by atoms with E-state index in [-0.39, 0.29) is 17.9 Å². The first kappa shape index (κ1) is 16.8. The maximum absolute atomic E-state index is 13.0. The summed E-state index contributed by atoms with van der Waals surface area (Å²) in [6, 6.07) is 15.4. The molecule has 0 radical (unpaired) electrons. The van der Waals surface area contributed by atoms with Gasteiger partial charge in [0.25, 0.3) is 11.8 Å². The van der Waals surface area contributed by atoms with Gasteiger partial charge in [0, 0.05) is 29.4 Å². The maximum atomic E-state index is 13.0. The zero-order chi connectivity index (χ0) is 17.9. The van der Waals surface area contributed by atoms with Crippen LogP contribution in [-0.2, 0) is 6.42 Å². The van der Waals surface area contributed by atoms with E-state index in [0.29, 0.717) is 17.7 Å². The van der Waals surface area contributed by atoms with Crippen LogP contribution in [0.3, 0.4) is 0 Å². The highest BCUT2D eigenvalue weighted by Gasteiger charge is 2.25. The van der Waals surface area contributed by atoms with Crippen molar-refractivity contribution >= 4 is 17.5 Å². The molecule has 2 aromatic carbocycles. The van der Waals surface area contributed by atoms with Crippen molar-refractivity contribution in [2.45, 2.75) is 44.6 Å². The molecule has 0 unspecified atom stereocenters. The van der Waals surface area contributed by atoms with Gasteiger partial charge in [0.15, 0.2) is 0 Å². The number of anilines is 1. The van der Waals surface area contributed by atoms with Crippen LogP contribution >= 0.6 is 0 Å². The van der Waals surface area contributed by atoms with Crippen molar-refractivity contribution in [3.05, 3.63) is 65.2 Å².